The molecule has 5 heterocycles. The second-order valence-corrected chi connectivity index (χ2v) is 16.6. The third-order valence-corrected chi connectivity index (χ3v) is 11.2. The molecule has 15 heteroatoms. The number of hydrogen-bond acceptors (Lipinski definition) is 9. The van der Waals surface area contributed by atoms with E-state index in [1.165, 1.54) is 11.5 Å². The minimum Gasteiger partial charge on any atom is -0.481 e. The van der Waals surface area contributed by atoms with E-state index in [9.17, 15) is 19.2 Å². The van der Waals surface area contributed by atoms with Crippen molar-refractivity contribution in [3.8, 4) is 39.4 Å². The van der Waals surface area contributed by atoms with E-state index in [0.29, 0.717) is 87.4 Å². The Hall–Kier alpha value is -5.50. The summed E-state index contributed by atoms with van der Waals surface area (Å²) in [5.41, 5.74) is 4.92. The van der Waals surface area contributed by atoms with Gasteiger partial charge in [-0.05, 0) is 76.4 Å². The van der Waals surface area contributed by atoms with Crippen molar-refractivity contribution in [2.45, 2.75) is 83.6 Å². The first-order chi connectivity index (χ1) is 28.3. The Bertz CT molecular complexity index is 2470. The van der Waals surface area contributed by atoms with E-state index in [2.05, 4.69) is 20.9 Å². The van der Waals surface area contributed by atoms with Gasteiger partial charge in [0.2, 0.25) is 17.7 Å². The van der Waals surface area contributed by atoms with Gasteiger partial charge in [0.05, 0.1) is 29.4 Å². The lowest BCUT2D eigenvalue weighted by Gasteiger charge is -2.29. The Kier molecular flexibility index (Phi) is 12.6. The van der Waals surface area contributed by atoms with Gasteiger partial charge in [-0.15, -0.1) is 0 Å². The number of hydrogen-bond donors (Lipinski definition) is 3. The summed E-state index contributed by atoms with van der Waals surface area (Å²) in [5.74, 6) is 0.366. The summed E-state index contributed by atoms with van der Waals surface area (Å²) >= 11 is 14.3. The van der Waals surface area contributed by atoms with E-state index in [4.69, 9.17) is 37.7 Å². The number of nitrogens with zero attached hydrogens (tertiary/aromatic N) is 4. The summed E-state index contributed by atoms with van der Waals surface area (Å²) in [6.07, 6.45) is 6.04. The smallest absolute Gasteiger partial charge is 0.410 e. The predicted molar refractivity (Wildman–Crippen MR) is 227 cm³/mol. The first kappa shape index (κ1) is 41.7. The van der Waals surface area contributed by atoms with E-state index in [-0.39, 0.29) is 42.5 Å². The molecule has 7 rings (SSSR count). The standard InChI is InChI=1S/C44H47Cl2N7O6/c1-44(2,3)59-43(57)52(25-30-13-16-38(55)50-30)24-27-11-14-35(51-41(27)58-4)34-10-6-9-33(40(34)46)32-8-5-7-31(39(32)45)26-18-20-53-36(21-26)48-23-28(42(53)56)22-47-19-17-29-12-15-37(54)49-29/h5-11,14,18,20-21,23,29-30,47H,12-13,15-17,19,22,24-25H2,1-4H3,(H,49,54)(H,50,55)/t29-,30-/m0/s1. The number of aromatic nitrogens is 3. The van der Waals surface area contributed by atoms with Gasteiger partial charge in [0.1, 0.15) is 11.2 Å². The number of pyridine rings is 2. The van der Waals surface area contributed by atoms with Crippen molar-refractivity contribution in [3.05, 3.63) is 105 Å². The first-order valence-electron chi connectivity index (χ1n) is 19.7. The molecule has 3 aromatic heterocycles. The van der Waals surface area contributed by atoms with Crippen LogP contribution in [0.15, 0.2) is 77.9 Å². The molecule has 13 nitrogen and oxygen atoms in total. The number of nitrogens with one attached hydrogen (secondary N) is 3. The highest BCUT2D eigenvalue weighted by Crippen LogP contribution is 2.42. The van der Waals surface area contributed by atoms with Gasteiger partial charge in [-0.25, -0.2) is 14.8 Å². The monoisotopic (exact) mass is 839 g/mol. The van der Waals surface area contributed by atoms with E-state index in [1.807, 2.05) is 81.4 Å². The van der Waals surface area contributed by atoms with Gasteiger partial charge >= 0.3 is 6.09 Å². The third kappa shape index (κ3) is 9.70. The number of carbonyl (C=O) groups excluding carboxylic acids is 3. The van der Waals surface area contributed by atoms with E-state index >= 15 is 0 Å². The van der Waals surface area contributed by atoms with Crippen LogP contribution in [0, 0.1) is 0 Å². The highest BCUT2D eigenvalue weighted by atomic mass is 35.5. The van der Waals surface area contributed by atoms with Gasteiger partial charge in [0, 0.05) is 83.8 Å². The predicted octanol–water partition coefficient (Wildman–Crippen LogP) is 7.18. The molecule has 308 valence electrons. The van der Waals surface area contributed by atoms with Crippen LogP contribution >= 0.6 is 23.2 Å². The molecule has 2 fully saturated rings. The number of rotatable bonds is 13. The van der Waals surface area contributed by atoms with Gasteiger partial charge in [-0.1, -0.05) is 59.6 Å². The van der Waals surface area contributed by atoms with Gasteiger partial charge in [-0.2, -0.15) is 0 Å². The van der Waals surface area contributed by atoms with Crippen molar-refractivity contribution < 1.29 is 23.9 Å². The maximum atomic E-state index is 13.4. The molecule has 0 radical (unpaired) electrons. The van der Waals surface area contributed by atoms with Crippen LogP contribution in [0.4, 0.5) is 4.79 Å². The molecule has 2 saturated heterocycles. The fourth-order valence-corrected chi connectivity index (χ4v) is 8.09. The molecule has 0 spiro atoms. The molecule has 0 saturated carbocycles. The summed E-state index contributed by atoms with van der Waals surface area (Å²) in [5, 5.41) is 10.1. The summed E-state index contributed by atoms with van der Waals surface area (Å²) in [6, 6.07) is 18.7. The molecule has 59 heavy (non-hydrogen) atoms. The zero-order chi connectivity index (χ0) is 41.8. The molecule has 3 amide bonds. The van der Waals surface area contributed by atoms with Gasteiger partial charge in [0.25, 0.3) is 5.56 Å². The van der Waals surface area contributed by atoms with Crippen molar-refractivity contribution in [3.63, 3.8) is 0 Å². The van der Waals surface area contributed by atoms with E-state index in [1.54, 1.807) is 17.3 Å². The second-order valence-electron chi connectivity index (χ2n) is 15.9. The number of ether oxygens (including phenoxy) is 2. The number of benzene rings is 2. The van der Waals surface area contributed by atoms with Crippen molar-refractivity contribution in [2.75, 3.05) is 20.2 Å². The van der Waals surface area contributed by atoms with E-state index in [0.717, 1.165) is 24.0 Å². The molecule has 2 aliphatic rings. The SMILES string of the molecule is COc1nc(-c2cccc(-c3cccc(-c4ccn5c(=O)c(CNCC[C@@H]6CCC(=O)N6)cnc5c4)c3Cl)c2Cl)ccc1CN(C[C@@H]1CCC(=O)N1)C(=O)OC(C)(C)C. The Morgan fingerprint density at radius 3 is 2.22 bits per heavy atom. The lowest BCUT2D eigenvalue weighted by molar-refractivity contribution is -0.120. The van der Waals surface area contributed by atoms with Crippen molar-refractivity contribution >= 4 is 46.8 Å². The van der Waals surface area contributed by atoms with Crippen LogP contribution in [-0.2, 0) is 27.4 Å². The van der Waals surface area contributed by atoms with Crippen molar-refractivity contribution in [1.82, 2.24) is 35.2 Å². The summed E-state index contributed by atoms with van der Waals surface area (Å²) < 4.78 is 13.0. The quantitative estimate of drug-likeness (QED) is 0.105. The van der Waals surface area contributed by atoms with Crippen LogP contribution in [-0.4, -0.2) is 75.1 Å². The minimum absolute atomic E-state index is 0.0395. The minimum atomic E-state index is -0.709. The first-order valence-corrected chi connectivity index (χ1v) is 20.4. The van der Waals surface area contributed by atoms with Gasteiger partial charge in [-0.3, -0.25) is 18.8 Å². The number of halogens is 2. The molecule has 0 aliphatic carbocycles. The molecule has 2 atom stereocenters. The number of amides is 3. The zero-order valence-corrected chi connectivity index (χ0v) is 35.0. The van der Waals surface area contributed by atoms with Crippen molar-refractivity contribution in [2.24, 2.45) is 0 Å². The Morgan fingerprint density at radius 2 is 1.56 bits per heavy atom. The summed E-state index contributed by atoms with van der Waals surface area (Å²) in [4.78, 5) is 61.0. The maximum Gasteiger partial charge on any atom is 0.410 e. The molecule has 2 aromatic carbocycles. The van der Waals surface area contributed by atoms with Crippen LogP contribution < -0.4 is 26.2 Å². The normalized spacial score (nSPS) is 16.6. The summed E-state index contributed by atoms with van der Waals surface area (Å²) in [6.45, 7) is 6.88. The number of carbonyl (C=O) groups is 3. The van der Waals surface area contributed by atoms with E-state index < -0.39 is 11.7 Å². The summed E-state index contributed by atoms with van der Waals surface area (Å²) in [7, 11) is 1.52. The fourth-order valence-electron chi connectivity index (χ4n) is 7.43. The Labute approximate surface area is 352 Å². The van der Waals surface area contributed by atoms with Gasteiger partial charge < -0.3 is 30.3 Å². The molecule has 0 bridgehead atoms. The average Bonchev–Trinajstić information content (AvgIpc) is 3.83. The average molecular weight is 841 g/mol. The van der Waals surface area contributed by atoms with Crippen LogP contribution in [0.2, 0.25) is 10.0 Å². The lowest BCUT2D eigenvalue weighted by atomic mass is 9.97. The lowest BCUT2D eigenvalue weighted by Crippen LogP contribution is -2.43. The topological polar surface area (TPSA) is 156 Å². The van der Waals surface area contributed by atoms with Crippen LogP contribution in [0.25, 0.3) is 39.2 Å². The van der Waals surface area contributed by atoms with Crippen LogP contribution in [0.1, 0.15) is 64.0 Å². The molecular weight excluding hydrogens is 793 g/mol. The highest BCUT2D eigenvalue weighted by Gasteiger charge is 2.29. The zero-order valence-electron chi connectivity index (χ0n) is 33.4. The maximum absolute atomic E-state index is 13.4. The van der Waals surface area contributed by atoms with Gasteiger partial charge in [0.15, 0.2) is 0 Å². The molecule has 3 N–H and O–H groups in total. The number of fused-ring (bicyclic) bond motifs is 1. The Balaban J connectivity index is 1.11. The molecular formula is C44H47Cl2N7O6. The third-order valence-electron chi connectivity index (χ3n) is 10.4. The van der Waals surface area contributed by atoms with Crippen molar-refractivity contribution in [1.29, 1.82) is 0 Å². The molecule has 0 unspecified atom stereocenters. The highest BCUT2D eigenvalue weighted by molar-refractivity contribution is 6.39. The Morgan fingerprint density at radius 1 is 0.898 bits per heavy atom. The fraction of sp³-hybridized carbons (Fsp3) is 0.364. The number of methoxy groups -OCH3 is 1. The molecule has 5 aromatic rings. The van der Waals surface area contributed by atoms with Crippen LogP contribution in [0.3, 0.4) is 0 Å². The van der Waals surface area contributed by atoms with Crippen LogP contribution in [0.5, 0.6) is 5.88 Å². The second kappa shape index (κ2) is 17.8. The molecule has 2 aliphatic heterocycles. The largest absolute Gasteiger partial charge is 0.481 e.